The summed E-state index contributed by atoms with van der Waals surface area (Å²) < 4.78 is 44.0. The number of carboxylic acid groups (broad SMARTS) is 1. The number of thiazole rings is 1. The van der Waals surface area contributed by atoms with E-state index in [0.29, 0.717) is 55.5 Å². The third-order valence-corrected chi connectivity index (χ3v) is 14.8. The largest absolute Gasteiger partial charge is 0.748 e. The number of carboxylic acids is 1. The fraction of sp³-hybridized carbons (Fsp3) is 0.265. The number of hydrogen-bond acceptors (Lipinski definition) is 13. The first-order chi connectivity index (χ1) is 32.0. The van der Waals surface area contributed by atoms with Gasteiger partial charge in [-0.1, -0.05) is 113 Å². The maximum absolute atomic E-state index is 12.3. The average Bonchev–Trinajstić information content (AvgIpc) is 3.83. The number of unbranched alkanes of at least 4 members (excludes halogenated alkanes) is 1. The quantitative estimate of drug-likeness (QED) is 0.0166. The molecule has 0 radical (unpaired) electrons. The predicted octanol–water partition coefficient (Wildman–Crippen LogP) is 9.86. The highest BCUT2D eigenvalue weighted by Gasteiger charge is 2.32. The molecule has 2 aliphatic heterocycles. The molecule has 344 valence electrons. The maximum Gasteiger partial charge on any atom is 0.326 e. The summed E-state index contributed by atoms with van der Waals surface area (Å²) in [6.07, 6.45) is 5.89. The molecule has 0 bridgehead atoms. The molecule has 5 aromatic carbocycles. The summed E-state index contributed by atoms with van der Waals surface area (Å²) in [6.45, 7) is 3.99. The van der Waals surface area contributed by atoms with Gasteiger partial charge in [0.15, 0.2) is 6.54 Å². The van der Waals surface area contributed by atoms with Gasteiger partial charge in [0.25, 0.3) is 11.4 Å². The van der Waals surface area contributed by atoms with E-state index in [9.17, 15) is 28.1 Å². The van der Waals surface area contributed by atoms with Crippen molar-refractivity contribution in [3.63, 3.8) is 0 Å². The Bertz CT molecular complexity index is 2860. The number of allylic oxidation sites excluding steroid dienone is 2. The number of carbonyl (C=O) groups is 1. The lowest BCUT2D eigenvalue weighted by Gasteiger charge is -2.36. The zero-order chi connectivity index (χ0) is 46.2. The van der Waals surface area contributed by atoms with Crippen molar-refractivity contribution < 1.29 is 47.4 Å². The molecular formula is C49H49ClN4O9S3. The van der Waals surface area contributed by atoms with Crippen molar-refractivity contribution in [2.45, 2.75) is 69.5 Å². The Kier molecular flexibility index (Phi) is 15.4. The predicted molar refractivity (Wildman–Crippen MR) is 258 cm³/mol. The van der Waals surface area contributed by atoms with Gasteiger partial charge in [-0.15, -0.1) is 4.89 Å². The molecule has 17 heteroatoms. The molecular weight excluding hydrogens is 920 g/mol. The van der Waals surface area contributed by atoms with Gasteiger partial charge in [0, 0.05) is 72.0 Å². The van der Waals surface area contributed by atoms with Crippen LogP contribution in [0.1, 0.15) is 48.7 Å². The number of fused-ring (bicyclic) bond motifs is 3. The van der Waals surface area contributed by atoms with Crippen LogP contribution in [-0.2, 0) is 44.3 Å². The van der Waals surface area contributed by atoms with Crippen LogP contribution in [-0.4, -0.2) is 60.6 Å². The van der Waals surface area contributed by atoms with Crippen LogP contribution in [0.15, 0.2) is 137 Å². The van der Waals surface area contributed by atoms with Gasteiger partial charge < -0.3 is 24.2 Å². The van der Waals surface area contributed by atoms with E-state index in [-0.39, 0.29) is 6.42 Å². The van der Waals surface area contributed by atoms with E-state index in [4.69, 9.17) is 21.2 Å². The molecule has 0 spiro atoms. The molecule has 0 aliphatic carbocycles. The SMILES string of the molecule is CCC(/C=C1\Sc2ccc(Cl)cc2N1CCCCNC(OOO)Oc1cccc(N2Cc3ccccc3CC2C(=O)O)c1)=C\c1sc2ccc(-c3ccccc3)cc2[n+]1CCCS(=O)(=O)[O-]. The summed E-state index contributed by atoms with van der Waals surface area (Å²) in [5.41, 5.74) is 7.91. The van der Waals surface area contributed by atoms with Gasteiger partial charge in [-0.2, -0.15) is 4.57 Å². The number of benzene rings is 5. The zero-order valence-electron chi connectivity index (χ0n) is 36.0. The summed E-state index contributed by atoms with van der Waals surface area (Å²) in [6, 6.07) is 36.4. The van der Waals surface area contributed by atoms with Crippen molar-refractivity contribution >= 4 is 78.5 Å². The number of ether oxygens (including phenoxy) is 1. The van der Waals surface area contributed by atoms with E-state index in [2.05, 4.69) is 69.2 Å². The number of aryl methyl sites for hydroxylation is 1. The smallest absolute Gasteiger partial charge is 0.326 e. The first kappa shape index (κ1) is 47.2. The summed E-state index contributed by atoms with van der Waals surface area (Å²) in [5, 5.41) is 29.1. The molecule has 2 aliphatic rings. The first-order valence-corrected chi connectivity index (χ1v) is 25.2. The first-order valence-electron chi connectivity index (χ1n) is 21.6. The summed E-state index contributed by atoms with van der Waals surface area (Å²) in [5.74, 6) is -0.974. The Morgan fingerprint density at radius 3 is 2.55 bits per heavy atom. The molecule has 0 amide bonds. The highest BCUT2D eigenvalue weighted by molar-refractivity contribution is 8.03. The van der Waals surface area contributed by atoms with Gasteiger partial charge in [0.2, 0.25) is 5.52 Å². The van der Waals surface area contributed by atoms with Gasteiger partial charge in [-0.25, -0.2) is 18.5 Å². The van der Waals surface area contributed by atoms with E-state index >= 15 is 0 Å². The second-order valence-corrected chi connectivity index (χ2v) is 20.0. The van der Waals surface area contributed by atoms with Gasteiger partial charge in [-0.05, 0) is 89.6 Å². The number of halogens is 1. The Hall–Kier alpha value is -5.27. The highest BCUT2D eigenvalue weighted by atomic mass is 35.5. The van der Waals surface area contributed by atoms with E-state index in [0.717, 1.165) is 71.5 Å². The maximum atomic E-state index is 12.3. The Morgan fingerprint density at radius 2 is 1.77 bits per heavy atom. The van der Waals surface area contributed by atoms with Crippen molar-refractivity contribution in [1.29, 1.82) is 0 Å². The lowest BCUT2D eigenvalue weighted by atomic mass is 9.93. The molecule has 6 aromatic rings. The monoisotopic (exact) mass is 968 g/mol. The van der Waals surface area contributed by atoms with Crippen LogP contribution in [0.5, 0.6) is 5.75 Å². The number of nitrogens with zero attached hydrogens (tertiary/aromatic N) is 3. The molecule has 0 saturated carbocycles. The van der Waals surface area contributed by atoms with Crippen molar-refractivity contribution in [3.8, 4) is 16.9 Å². The number of thioether (sulfide) groups is 1. The fourth-order valence-electron chi connectivity index (χ4n) is 8.25. The van der Waals surface area contributed by atoms with Gasteiger partial charge in [0.05, 0.1) is 20.8 Å². The highest BCUT2D eigenvalue weighted by Crippen LogP contribution is 2.47. The molecule has 8 rings (SSSR count). The topological polar surface area (TPSA) is 165 Å². The molecule has 66 heavy (non-hydrogen) atoms. The Balaban J connectivity index is 0.962. The normalized spacial score (nSPS) is 16.2. The molecule has 2 atom stereocenters. The summed E-state index contributed by atoms with van der Waals surface area (Å²) in [7, 11) is -4.37. The molecule has 3 heterocycles. The third kappa shape index (κ3) is 11.6. The van der Waals surface area contributed by atoms with Gasteiger partial charge in [0.1, 0.15) is 16.5 Å². The Labute approximate surface area is 397 Å². The van der Waals surface area contributed by atoms with Crippen LogP contribution in [0.2, 0.25) is 5.02 Å². The molecule has 13 nitrogen and oxygen atoms in total. The van der Waals surface area contributed by atoms with E-state index in [1.165, 1.54) is 0 Å². The van der Waals surface area contributed by atoms with Crippen LogP contribution < -0.4 is 24.4 Å². The van der Waals surface area contributed by atoms with Crippen molar-refractivity contribution in [1.82, 2.24) is 5.32 Å². The number of aliphatic carboxylic acids is 1. The second kappa shape index (κ2) is 21.6. The lowest BCUT2D eigenvalue weighted by molar-refractivity contribution is -0.668. The third-order valence-electron chi connectivity index (χ3n) is 11.5. The number of rotatable bonds is 20. The standard InChI is InChI=1S/C49H49ClN4O9S3/c1-2-33(27-47-53(24-11-25-66(58,59)60)41-28-36(18-20-44(41)64-47)34-12-4-3-5-13-34)26-46-52(42-30-38(50)19-21-45(42)65-46)23-9-8-22-51-49(62-63-57)61-40-17-10-16-39(31-40)54-32-37-15-7-6-14-35(37)29-43(54)48(55)56/h3-7,10,12-21,26-28,30-31,43,49,51H,2,8-9,11,22-25,29,32H2,1H3,(H2-,55,56,57,58,59,60). The van der Waals surface area contributed by atoms with Crippen molar-refractivity contribution in [2.75, 3.05) is 28.6 Å². The minimum absolute atomic E-state index is 0.193. The number of aromatic nitrogens is 1. The van der Waals surface area contributed by atoms with Gasteiger partial charge >= 0.3 is 5.97 Å². The molecule has 1 aromatic heterocycles. The zero-order valence-corrected chi connectivity index (χ0v) is 39.3. The van der Waals surface area contributed by atoms with E-state index in [1.807, 2.05) is 71.6 Å². The van der Waals surface area contributed by atoms with Gasteiger partial charge in [-0.3, -0.25) is 5.32 Å². The van der Waals surface area contributed by atoms with Crippen LogP contribution in [0.25, 0.3) is 27.4 Å². The minimum Gasteiger partial charge on any atom is -0.748 e. The van der Waals surface area contributed by atoms with Crippen molar-refractivity contribution in [2.24, 2.45) is 0 Å². The molecule has 3 N–H and O–H groups in total. The van der Waals surface area contributed by atoms with Crippen LogP contribution >= 0.6 is 34.7 Å². The van der Waals surface area contributed by atoms with E-state index in [1.54, 1.807) is 41.3 Å². The molecule has 0 fully saturated rings. The summed E-state index contributed by atoms with van der Waals surface area (Å²) in [4.78, 5) is 22.5. The van der Waals surface area contributed by atoms with Crippen LogP contribution in [0.4, 0.5) is 11.4 Å². The minimum atomic E-state index is -4.37. The second-order valence-electron chi connectivity index (χ2n) is 15.9. The summed E-state index contributed by atoms with van der Waals surface area (Å²) >= 11 is 9.83. The average molecular weight is 970 g/mol. The molecule has 2 unspecified atom stereocenters. The van der Waals surface area contributed by atoms with E-state index < -0.39 is 34.3 Å². The molecule has 0 saturated heterocycles. The van der Waals surface area contributed by atoms with Crippen molar-refractivity contribution in [3.05, 3.63) is 153 Å². The number of nitrogens with one attached hydrogen (secondary N) is 1. The van der Waals surface area contributed by atoms with Crippen LogP contribution in [0.3, 0.4) is 0 Å². The Morgan fingerprint density at radius 1 is 0.970 bits per heavy atom. The number of anilines is 2. The lowest BCUT2D eigenvalue weighted by Crippen LogP contribution is -2.45. The fourth-order valence-corrected chi connectivity index (χ4v) is 11.2. The number of hydrogen-bond donors (Lipinski definition) is 3. The van der Waals surface area contributed by atoms with Crippen LogP contribution in [0, 0.1) is 0 Å².